The molecule has 6 heteroatoms. The third-order valence-corrected chi connectivity index (χ3v) is 4.25. The maximum Gasteiger partial charge on any atom is 0.234 e. The van der Waals surface area contributed by atoms with Gasteiger partial charge in [0.1, 0.15) is 11.9 Å². The second-order valence-electron chi connectivity index (χ2n) is 6.30. The van der Waals surface area contributed by atoms with Crippen molar-refractivity contribution in [3.8, 4) is 0 Å². The molecule has 2 unspecified atom stereocenters. The first-order valence-corrected chi connectivity index (χ1v) is 9.19. The van der Waals surface area contributed by atoms with Crippen LogP contribution in [0.4, 0.5) is 0 Å². The molecular formula is C24H20O6. The molecule has 0 spiro atoms. The molecule has 0 bridgehead atoms. The van der Waals surface area contributed by atoms with Gasteiger partial charge in [0.25, 0.3) is 0 Å². The SMILES string of the molecule is O=C(c1ccccc1)C(O)c1ccccc1.O=C(c1ccco1)C(O)c1ccco1. The van der Waals surface area contributed by atoms with Crippen molar-refractivity contribution in [3.05, 3.63) is 120 Å². The molecule has 2 N–H and O–H groups in total. The highest BCUT2D eigenvalue weighted by Crippen LogP contribution is 2.19. The van der Waals surface area contributed by atoms with Gasteiger partial charge in [-0.25, -0.2) is 0 Å². The van der Waals surface area contributed by atoms with E-state index in [1.54, 1.807) is 60.7 Å². The zero-order chi connectivity index (χ0) is 21.3. The lowest BCUT2D eigenvalue weighted by Gasteiger charge is -2.09. The summed E-state index contributed by atoms with van der Waals surface area (Å²) in [5, 5.41) is 19.4. The normalized spacial score (nSPS) is 12.3. The van der Waals surface area contributed by atoms with Crippen LogP contribution in [0.25, 0.3) is 0 Å². The number of Topliss-reactive ketones (excluding diaryl/α,β-unsaturated/α-hetero) is 2. The monoisotopic (exact) mass is 404 g/mol. The zero-order valence-electron chi connectivity index (χ0n) is 15.9. The number of aliphatic hydroxyl groups excluding tert-OH is 2. The van der Waals surface area contributed by atoms with Gasteiger partial charge in [-0.05, 0) is 29.8 Å². The van der Waals surface area contributed by atoms with Crippen molar-refractivity contribution >= 4 is 11.6 Å². The van der Waals surface area contributed by atoms with Crippen molar-refractivity contribution in [2.24, 2.45) is 0 Å². The first kappa shape index (κ1) is 21.0. The van der Waals surface area contributed by atoms with E-state index in [2.05, 4.69) is 0 Å². The molecule has 30 heavy (non-hydrogen) atoms. The first-order chi connectivity index (χ1) is 14.6. The molecule has 0 aliphatic rings. The molecule has 0 saturated heterocycles. The predicted molar refractivity (Wildman–Crippen MR) is 109 cm³/mol. The van der Waals surface area contributed by atoms with Crippen molar-refractivity contribution < 1.29 is 28.6 Å². The van der Waals surface area contributed by atoms with E-state index in [4.69, 9.17) is 8.83 Å². The first-order valence-electron chi connectivity index (χ1n) is 9.19. The molecule has 2 aromatic heterocycles. The molecule has 0 aliphatic heterocycles. The zero-order valence-corrected chi connectivity index (χ0v) is 15.9. The lowest BCUT2D eigenvalue weighted by Crippen LogP contribution is -2.11. The van der Waals surface area contributed by atoms with Crippen LogP contribution in [0, 0.1) is 0 Å². The smallest absolute Gasteiger partial charge is 0.234 e. The van der Waals surface area contributed by atoms with Crippen molar-refractivity contribution in [2.75, 3.05) is 0 Å². The number of furan rings is 2. The summed E-state index contributed by atoms with van der Waals surface area (Å²) in [5.41, 5.74) is 1.15. The van der Waals surface area contributed by atoms with Gasteiger partial charge in [0.05, 0.1) is 12.5 Å². The molecule has 6 nitrogen and oxygen atoms in total. The van der Waals surface area contributed by atoms with Crippen LogP contribution >= 0.6 is 0 Å². The summed E-state index contributed by atoms with van der Waals surface area (Å²) < 4.78 is 9.77. The maximum atomic E-state index is 11.9. The molecule has 4 aromatic rings. The molecule has 2 atom stereocenters. The Morgan fingerprint density at radius 3 is 1.80 bits per heavy atom. The van der Waals surface area contributed by atoms with Gasteiger partial charge in [-0.2, -0.15) is 0 Å². The Hall–Kier alpha value is -3.74. The summed E-state index contributed by atoms with van der Waals surface area (Å²) in [5.74, 6) is -0.447. The quantitative estimate of drug-likeness (QED) is 0.462. The van der Waals surface area contributed by atoms with Gasteiger partial charge >= 0.3 is 0 Å². The van der Waals surface area contributed by atoms with Crippen molar-refractivity contribution in [1.82, 2.24) is 0 Å². The Balaban J connectivity index is 0.000000172. The fraction of sp³-hybridized carbons (Fsp3) is 0.0833. The van der Waals surface area contributed by atoms with E-state index in [1.807, 2.05) is 12.1 Å². The highest BCUT2D eigenvalue weighted by Gasteiger charge is 2.23. The molecule has 0 radical (unpaired) electrons. The van der Waals surface area contributed by atoms with Crippen LogP contribution in [-0.4, -0.2) is 21.8 Å². The molecule has 0 amide bonds. The van der Waals surface area contributed by atoms with Crippen LogP contribution in [0.3, 0.4) is 0 Å². The van der Waals surface area contributed by atoms with Crippen LogP contribution in [-0.2, 0) is 0 Å². The molecule has 0 saturated carbocycles. The summed E-state index contributed by atoms with van der Waals surface area (Å²) in [7, 11) is 0. The van der Waals surface area contributed by atoms with E-state index >= 15 is 0 Å². The highest BCUT2D eigenvalue weighted by molar-refractivity contribution is 5.99. The molecule has 0 fully saturated rings. The number of carbonyl (C=O) groups excluding carboxylic acids is 2. The van der Waals surface area contributed by atoms with Crippen molar-refractivity contribution in [2.45, 2.75) is 12.2 Å². The van der Waals surface area contributed by atoms with Crippen LogP contribution < -0.4 is 0 Å². The Bertz CT molecular complexity index is 1040. The minimum Gasteiger partial charge on any atom is -0.466 e. The van der Waals surface area contributed by atoms with E-state index in [0.29, 0.717) is 11.1 Å². The van der Waals surface area contributed by atoms with Gasteiger partial charge in [-0.15, -0.1) is 0 Å². The minimum absolute atomic E-state index is 0.119. The van der Waals surface area contributed by atoms with E-state index in [1.165, 1.54) is 24.7 Å². The molecule has 4 rings (SSSR count). The van der Waals surface area contributed by atoms with Gasteiger partial charge < -0.3 is 19.0 Å². The minimum atomic E-state index is -1.30. The van der Waals surface area contributed by atoms with Crippen LogP contribution in [0.5, 0.6) is 0 Å². The Morgan fingerprint density at radius 2 is 1.23 bits per heavy atom. The number of rotatable bonds is 6. The second kappa shape index (κ2) is 10.2. The summed E-state index contributed by atoms with van der Waals surface area (Å²) in [6.45, 7) is 0. The van der Waals surface area contributed by atoms with E-state index in [-0.39, 0.29) is 17.3 Å². The van der Waals surface area contributed by atoms with Crippen LogP contribution in [0.15, 0.2) is 106 Å². The average Bonchev–Trinajstić information content (AvgIpc) is 3.53. The summed E-state index contributed by atoms with van der Waals surface area (Å²) in [6, 6.07) is 24.0. The van der Waals surface area contributed by atoms with Gasteiger partial charge in [-0.1, -0.05) is 60.7 Å². The summed E-state index contributed by atoms with van der Waals surface area (Å²) >= 11 is 0. The molecule has 2 aromatic carbocycles. The van der Waals surface area contributed by atoms with Gasteiger partial charge in [0.15, 0.2) is 17.6 Å². The molecule has 0 aliphatic carbocycles. The van der Waals surface area contributed by atoms with E-state index < -0.39 is 18.0 Å². The fourth-order valence-corrected chi connectivity index (χ4v) is 2.68. The van der Waals surface area contributed by atoms with Gasteiger partial charge in [0, 0.05) is 5.56 Å². The third-order valence-electron chi connectivity index (χ3n) is 4.25. The Labute approximate surface area is 173 Å². The standard InChI is InChI=1S/C14H12O2.C10H8O4/c15-13(11-7-3-1-4-8-11)14(16)12-9-5-2-6-10-12;11-9(7-3-1-5-13-7)10(12)8-4-2-6-14-8/h1-10,13,15H;1-6,9,11H. The second-order valence-corrected chi connectivity index (χ2v) is 6.30. The predicted octanol–water partition coefficient (Wildman–Crippen LogP) is 4.39. The molecular weight excluding hydrogens is 384 g/mol. The number of hydrogen-bond donors (Lipinski definition) is 2. The van der Waals surface area contributed by atoms with Crippen molar-refractivity contribution in [1.29, 1.82) is 0 Å². The third kappa shape index (κ3) is 5.20. The highest BCUT2D eigenvalue weighted by atomic mass is 16.4. The topological polar surface area (TPSA) is 101 Å². The van der Waals surface area contributed by atoms with Crippen LogP contribution in [0.2, 0.25) is 0 Å². The summed E-state index contributed by atoms with van der Waals surface area (Å²) in [6.07, 6.45) is 0.399. The number of aliphatic hydroxyl groups is 2. The lowest BCUT2D eigenvalue weighted by molar-refractivity contribution is 0.0673. The molecule has 2 heterocycles. The molecule has 152 valence electrons. The summed E-state index contributed by atoms with van der Waals surface area (Å²) in [4.78, 5) is 23.4. The van der Waals surface area contributed by atoms with E-state index in [9.17, 15) is 19.8 Å². The van der Waals surface area contributed by atoms with Gasteiger partial charge in [-0.3, -0.25) is 9.59 Å². The van der Waals surface area contributed by atoms with Gasteiger partial charge in [0.2, 0.25) is 5.78 Å². The Morgan fingerprint density at radius 1 is 0.633 bits per heavy atom. The average molecular weight is 404 g/mol. The Kier molecular flexibility index (Phi) is 7.10. The fourth-order valence-electron chi connectivity index (χ4n) is 2.68. The maximum absolute atomic E-state index is 11.9. The number of benzene rings is 2. The number of hydrogen-bond acceptors (Lipinski definition) is 6. The van der Waals surface area contributed by atoms with E-state index in [0.717, 1.165) is 0 Å². The largest absolute Gasteiger partial charge is 0.466 e. The van der Waals surface area contributed by atoms with Crippen LogP contribution in [0.1, 0.15) is 44.4 Å². The number of ketones is 2. The van der Waals surface area contributed by atoms with Crippen molar-refractivity contribution in [3.63, 3.8) is 0 Å². The number of carbonyl (C=O) groups is 2. The lowest BCUT2D eigenvalue weighted by atomic mass is 10.0.